The molecule has 0 atom stereocenters. The van der Waals surface area contributed by atoms with Gasteiger partial charge in [-0.25, -0.2) is 0 Å². The Labute approximate surface area is 110 Å². The van der Waals surface area contributed by atoms with Crippen LogP contribution in [0.1, 0.15) is 31.4 Å². The Morgan fingerprint density at radius 1 is 0.778 bits per heavy atom. The molecule has 0 aliphatic rings. The normalized spacial score (nSPS) is 9.06. The molecular formula is C17H21N. The molecule has 0 spiro atoms. The zero-order chi connectivity index (χ0) is 13.2. The Morgan fingerprint density at radius 2 is 1.11 bits per heavy atom. The van der Waals surface area contributed by atoms with Crippen LogP contribution in [0.15, 0.2) is 65.7 Å². The number of nitrogens with zero attached hydrogens (tertiary/aromatic N) is 1. The maximum absolute atomic E-state index is 4.35. The van der Waals surface area contributed by atoms with Crippen LogP contribution in [0, 0.1) is 0 Å². The van der Waals surface area contributed by atoms with Crippen molar-refractivity contribution in [3.8, 4) is 0 Å². The second-order valence-electron chi connectivity index (χ2n) is 4.01. The standard InChI is InChI=1S/C14H13N.C3H8/c1-15-14(12-8-4-2-5-9-12)13-10-6-3-7-11-13;1-3-2/h2-11H,1H3;3H2,1-2H3. The van der Waals surface area contributed by atoms with Gasteiger partial charge in [-0.05, 0) is 0 Å². The van der Waals surface area contributed by atoms with Gasteiger partial charge in [0.05, 0.1) is 5.71 Å². The van der Waals surface area contributed by atoms with Gasteiger partial charge in [0.2, 0.25) is 0 Å². The quantitative estimate of drug-likeness (QED) is 0.681. The van der Waals surface area contributed by atoms with Crippen LogP contribution in [0.25, 0.3) is 0 Å². The van der Waals surface area contributed by atoms with E-state index in [1.807, 2.05) is 43.4 Å². The molecule has 0 aliphatic carbocycles. The van der Waals surface area contributed by atoms with Gasteiger partial charge in [-0.1, -0.05) is 80.9 Å². The maximum Gasteiger partial charge on any atom is 0.0715 e. The third-order valence-electron chi connectivity index (χ3n) is 2.32. The van der Waals surface area contributed by atoms with Crippen molar-refractivity contribution >= 4 is 5.71 Å². The van der Waals surface area contributed by atoms with Gasteiger partial charge in [0.25, 0.3) is 0 Å². The van der Waals surface area contributed by atoms with Crippen molar-refractivity contribution in [2.45, 2.75) is 20.3 Å². The monoisotopic (exact) mass is 239 g/mol. The highest BCUT2D eigenvalue weighted by atomic mass is 14.7. The van der Waals surface area contributed by atoms with Crippen LogP contribution in [-0.2, 0) is 0 Å². The highest BCUT2D eigenvalue weighted by Crippen LogP contribution is 2.09. The Morgan fingerprint density at radius 3 is 1.39 bits per heavy atom. The van der Waals surface area contributed by atoms with Gasteiger partial charge in [-0.2, -0.15) is 0 Å². The Bertz CT molecular complexity index is 416. The van der Waals surface area contributed by atoms with E-state index in [2.05, 4.69) is 43.1 Å². The van der Waals surface area contributed by atoms with Gasteiger partial charge in [0.1, 0.15) is 0 Å². The van der Waals surface area contributed by atoms with Gasteiger partial charge in [0, 0.05) is 18.2 Å². The second kappa shape index (κ2) is 8.24. The molecule has 2 rings (SSSR count). The lowest BCUT2D eigenvalue weighted by atomic mass is 10.0. The second-order valence-corrected chi connectivity index (χ2v) is 4.01. The number of hydrogen-bond acceptors (Lipinski definition) is 1. The molecule has 1 heteroatoms. The molecular weight excluding hydrogens is 218 g/mol. The van der Waals surface area contributed by atoms with Crippen LogP contribution in [0.3, 0.4) is 0 Å². The van der Waals surface area contributed by atoms with Crippen LogP contribution in [0.4, 0.5) is 0 Å². The molecule has 0 bridgehead atoms. The molecule has 0 aromatic heterocycles. The fourth-order valence-corrected chi connectivity index (χ4v) is 1.62. The van der Waals surface area contributed by atoms with E-state index in [1.54, 1.807) is 0 Å². The fourth-order valence-electron chi connectivity index (χ4n) is 1.62. The molecule has 2 aromatic rings. The third kappa shape index (κ3) is 4.17. The first kappa shape index (κ1) is 14.2. The first-order chi connectivity index (χ1) is 8.83. The molecule has 0 unspecified atom stereocenters. The lowest BCUT2D eigenvalue weighted by Crippen LogP contribution is -2.02. The zero-order valence-electron chi connectivity index (χ0n) is 11.4. The van der Waals surface area contributed by atoms with Crippen LogP contribution in [0.2, 0.25) is 0 Å². The molecule has 18 heavy (non-hydrogen) atoms. The highest BCUT2D eigenvalue weighted by Gasteiger charge is 2.03. The van der Waals surface area contributed by atoms with Crippen molar-refractivity contribution in [2.75, 3.05) is 7.05 Å². The molecule has 94 valence electrons. The topological polar surface area (TPSA) is 12.4 Å². The summed E-state index contributed by atoms with van der Waals surface area (Å²) in [5, 5.41) is 0. The summed E-state index contributed by atoms with van der Waals surface area (Å²) in [4.78, 5) is 4.35. The third-order valence-corrected chi connectivity index (χ3v) is 2.32. The van der Waals surface area contributed by atoms with E-state index in [4.69, 9.17) is 0 Å². The summed E-state index contributed by atoms with van der Waals surface area (Å²) >= 11 is 0. The minimum Gasteiger partial charge on any atom is -0.287 e. The van der Waals surface area contributed by atoms with Gasteiger partial charge in [0.15, 0.2) is 0 Å². The summed E-state index contributed by atoms with van der Waals surface area (Å²) in [7, 11) is 1.83. The predicted octanol–water partition coefficient (Wildman–Crippen LogP) is 4.57. The van der Waals surface area contributed by atoms with Crippen LogP contribution in [-0.4, -0.2) is 12.8 Å². The van der Waals surface area contributed by atoms with Crippen LogP contribution in [0.5, 0.6) is 0 Å². The number of aliphatic imine (C=N–C) groups is 1. The molecule has 0 N–H and O–H groups in total. The predicted molar refractivity (Wildman–Crippen MR) is 80.4 cm³/mol. The van der Waals surface area contributed by atoms with Gasteiger partial charge < -0.3 is 0 Å². The molecule has 0 heterocycles. The summed E-state index contributed by atoms with van der Waals surface area (Å²) in [6.07, 6.45) is 1.25. The van der Waals surface area contributed by atoms with E-state index in [9.17, 15) is 0 Å². The van der Waals surface area contributed by atoms with Crippen LogP contribution < -0.4 is 0 Å². The number of rotatable bonds is 2. The van der Waals surface area contributed by atoms with E-state index < -0.39 is 0 Å². The maximum atomic E-state index is 4.35. The summed E-state index contributed by atoms with van der Waals surface area (Å²) in [5.41, 5.74) is 3.36. The lowest BCUT2D eigenvalue weighted by molar-refractivity contribution is 1.09. The molecule has 1 nitrogen and oxygen atoms in total. The van der Waals surface area contributed by atoms with E-state index >= 15 is 0 Å². The van der Waals surface area contributed by atoms with E-state index in [-0.39, 0.29) is 0 Å². The lowest BCUT2D eigenvalue weighted by Gasteiger charge is -2.05. The van der Waals surface area contributed by atoms with E-state index in [0.29, 0.717) is 0 Å². The molecule has 2 aromatic carbocycles. The first-order valence-electron chi connectivity index (χ1n) is 6.41. The molecule has 0 radical (unpaired) electrons. The van der Waals surface area contributed by atoms with Crippen molar-refractivity contribution in [1.82, 2.24) is 0 Å². The smallest absolute Gasteiger partial charge is 0.0715 e. The Kier molecular flexibility index (Phi) is 6.49. The molecule has 0 saturated heterocycles. The molecule has 0 aliphatic heterocycles. The summed E-state index contributed by atoms with van der Waals surface area (Å²) in [5.74, 6) is 0. The SMILES string of the molecule is CCC.CN=C(c1ccccc1)c1ccccc1. The summed E-state index contributed by atoms with van der Waals surface area (Å²) < 4.78 is 0. The average molecular weight is 239 g/mol. The van der Waals surface area contributed by atoms with Crippen molar-refractivity contribution in [1.29, 1.82) is 0 Å². The zero-order valence-corrected chi connectivity index (χ0v) is 11.4. The molecule has 0 fully saturated rings. The molecule has 0 saturated carbocycles. The average Bonchev–Trinajstić information content (AvgIpc) is 2.43. The summed E-state index contributed by atoms with van der Waals surface area (Å²) in [6.45, 7) is 4.25. The molecule has 0 amide bonds. The minimum absolute atomic E-state index is 1.04. The van der Waals surface area contributed by atoms with E-state index in [0.717, 1.165) is 16.8 Å². The van der Waals surface area contributed by atoms with Crippen molar-refractivity contribution < 1.29 is 0 Å². The minimum atomic E-state index is 1.04. The van der Waals surface area contributed by atoms with Gasteiger partial charge in [-0.15, -0.1) is 0 Å². The van der Waals surface area contributed by atoms with Gasteiger partial charge >= 0.3 is 0 Å². The summed E-state index contributed by atoms with van der Waals surface area (Å²) in [6, 6.07) is 20.5. The van der Waals surface area contributed by atoms with Gasteiger partial charge in [-0.3, -0.25) is 4.99 Å². The highest BCUT2D eigenvalue weighted by molar-refractivity contribution is 6.12. The van der Waals surface area contributed by atoms with E-state index in [1.165, 1.54) is 6.42 Å². The Balaban J connectivity index is 0.000000492. The van der Waals surface area contributed by atoms with Crippen molar-refractivity contribution in [3.63, 3.8) is 0 Å². The van der Waals surface area contributed by atoms with Crippen molar-refractivity contribution in [2.24, 2.45) is 4.99 Å². The number of benzene rings is 2. The fraction of sp³-hybridized carbons (Fsp3) is 0.235. The Hall–Kier alpha value is -1.89. The first-order valence-corrected chi connectivity index (χ1v) is 6.41. The largest absolute Gasteiger partial charge is 0.287 e. The number of hydrogen-bond donors (Lipinski definition) is 0. The van der Waals surface area contributed by atoms with Crippen molar-refractivity contribution in [3.05, 3.63) is 71.8 Å². The van der Waals surface area contributed by atoms with Crippen LogP contribution >= 0.6 is 0 Å².